The predicted molar refractivity (Wildman–Crippen MR) is 223 cm³/mol. The molecule has 1 aliphatic rings. The SMILES string of the molecule is C=C(C)C(=O)OCCCc1cc(-c2cc(F)c(OCCOc3ccc(CCCCCCCCCCC)cc3)c(F)c2)cc(COC(=O)C(=C)C)c1OC1CCCCO1. The summed E-state index contributed by atoms with van der Waals surface area (Å²) in [7, 11) is 0. The Morgan fingerprint density at radius 2 is 1.29 bits per heavy atom. The van der Waals surface area contributed by atoms with E-state index in [2.05, 4.69) is 32.2 Å². The minimum atomic E-state index is -0.879. The third-order valence-corrected chi connectivity index (χ3v) is 9.93. The summed E-state index contributed by atoms with van der Waals surface area (Å²) in [6.45, 7) is 13.1. The molecule has 0 aliphatic carbocycles. The van der Waals surface area contributed by atoms with E-state index in [1.165, 1.54) is 69.1 Å². The van der Waals surface area contributed by atoms with Crippen molar-refractivity contribution in [3.05, 3.63) is 101 Å². The van der Waals surface area contributed by atoms with E-state index in [4.69, 9.17) is 28.4 Å². The van der Waals surface area contributed by atoms with Crippen molar-refractivity contribution < 1.29 is 46.8 Å². The molecular formula is C48H62F2O8. The fourth-order valence-corrected chi connectivity index (χ4v) is 6.68. The van der Waals surface area contributed by atoms with Gasteiger partial charge in [-0.2, -0.15) is 0 Å². The first kappa shape index (κ1) is 46.0. The van der Waals surface area contributed by atoms with E-state index < -0.39 is 35.6 Å². The van der Waals surface area contributed by atoms with Gasteiger partial charge in [-0.3, -0.25) is 0 Å². The average Bonchev–Trinajstić information content (AvgIpc) is 3.21. The van der Waals surface area contributed by atoms with Crippen molar-refractivity contribution in [2.75, 3.05) is 26.4 Å². The number of halogens is 2. The summed E-state index contributed by atoms with van der Waals surface area (Å²) in [5.74, 6) is -2.26. The molecule has 1 aliphatic heterocycles. The molecule has 3 aromatic carbocycles. The first-order chi connectivity index (χ1) is 28.0. The van der Waals surface area contributed by atoms with Crippen molar-refractivity contribution >= 4 is 11.9 Å². The minimum Gasteiger partial charge on any atom is -0.490 e. The lowest BCUT2D eigenvalue weighted by atomic mass is 9.96. The molecule has 0 radical (unpaired) electrons. The summed E-state index contributed by atoms with van der Waals surface area (Å²) in [6, 6.07) is 13.8. The molecule has 1 atom stereocenters. The smallest absolute Gasteiger partial charge is 0.333 e. The van der Waals surface area contributed by atoms with Crippen LogP contribution in [0.25, 0.3) is 11.1 Å². The van der Waals surface area contributed by atoms with Crippen LogP contribution in [0.4, 0.5) is 8.78 Å². The number of hydrogen-bond donors (Lipinski definition) is 0. The highest BCUT2D eigenvalue weighted by Crippen LogP contribution is 2.37. The van der Waals surface area contributed by atoms with Gasteiger partial charge in [0, 0.05) is 23.1 Å². The lowest BCUT2D eigenvalue weighted by molar-refractivity contribution is -0.140. The van der Waals surface area contributed by atoms with Crippen molar-refractivity contribution in [2.45, 2.75) is 130 Å². The Kier molecular flexibility index (Phi) is 19.8. The maximum absolute atomic E-state index is 15.6. The molecule has 0 amide bonds. The monoisotopic (exact) mass is 804 g/mol. The Labute approximate surface area is 343 Å². The third kappa shape index (κ3) is 15.6. The number of benzene rings is 3. The summed E-state index contributed by atoms with van der Waals surface area (Å²) >= 11 is 0. The van der Waals surface area contributed by atoms with Crippen LogP contribution < -0.4 is 14.2 Å². The quantitative estimate of drug-likeness (QED) is 0.0450. The molecular weight excluding hydrogens is 743 g/mol. The fraction of sp³-hybridized carbons (Fsp3) is 0.500. The first-order valence-corrected chi connectivity index (χ1v) is 21.0. The molecule has 0 aromatic heterocycles. The van der Waals surface area contributed by atoms with Crippen molar-refractivity contribution in [3.63, 3.8) is 0 Å². The number of esters is 2. The summed E-state index contributed by atoms with van der Waals surface area (Å²) in [6.07, 6.45) is 15.4. The number of hydrogen-bond acceptors (Lipinski definition) is 8. The Balaban J connectivity index is 1.41. The van der Waals surface area contributed by atoms with Crippen LogP contribution in [0.1, 0.15) is 121 Å². The van der Waals surface area contributed by atoms with Crippen LogP contribution in [0, 0.1) is 11.6 Å². The van der Waals surface area contributed by atoms with Gasteiger partial charge in [-0.1, -0.05) is 83.6 Å². The topological polar surface area (TPSA) is 89.5 Å². The van der Waals surface area contributed by atoms with Gasteiger partial charge in [0.15, 0.2) is 23.7 Å². The van der Waals surface area contributed by atoms with Gasteiger partial charge in [0.05, 0.1) is 13.2 Å². The van der Waals surface area contributed by atoms with Gasteiger partial charge in [0.1, 0.15) is 31.3 Å². The number of carbonyl (C=O) groups excluding carboxylic acids is 2. The summed E-state index contributed by atoms with van der Waals surface area (Å²) in [5.41, 5.74) is 3.60. The molecule has 10 heteroatoms. The Bertz CT molecular complexity index is 1760. The van der Waals surface area contributed by atoms with Crippen LogP contribution in [-0.2, 0) is 43.2 Å². The van der Waals surface area contributed by atoms with Crippen LogP contribution in [0.2, 0.25) is 0 Å². The summed E-state index contributed by atoms with van der Waals surface area (Å²) in [4.78, 5) is 24.4. The second-order valence-electron chi connectivity index (χ2n) is 15.1. The largest absolute Gasteiger partial charge is 0.490 e. The van der Waals surface area contributed by atoms with Crippen LogP contribution >= 0.6 is 0 Å². The van der Waals surface area contributed by atoms with Gasteiger partial charge in [0.25, 0.3) is 0 Å². The lowest BCUT2D eigenvalue weighted by Crippen LogP contribution is -2.26. The molecule has 58 heavy (non-hydrogen) atoms. The van der Waals surface area contributed by atoms with Crippen LogP contribution in [0.3, 0.4) is 0 Å². The standard InChI is InChI=1S/C48H62F2O8/c1-6-7-8-9-10-11-12-13-14-18-36-21-23-41(24-22-36)53-27-28-55-46-42(49)31-39(32-43(46)50)38-29-37(19-17-26-56-47(51)34(2)3)45(58-44-20-15-16-25-54-44)40(30-38)33-57-48(52)35(4)5/h21-24,29-32,44H,2,4,6-20,25-28,33H2,1,3,5H3. The van der Waals surface area contributed by atoms with Gasteiger partial charge in [-0.15, -0.1) is 0 Å². The van der Waals surface area contributed by atoms with Gasteiger partial charge in [-0.25, -0.2) is 18.4 Å². The second-order valence-corrected chi connectivity index (χ2v) is 15.1. The number of rotatable bonds is 26. The van der Waals surface area contributed by atoms with Crippen LogP contribution in [0.15, 0.2) is 72.8 Å². The molecule has 3 aromatic rings. The number of carbonyl (C=O) groups is 2. The van der Waals surface area contributed by atoms with Gasteiger partial charge >= 0.3 is 11.9 Å². The molecule has 0 saturated carbocycles. The second kappa shape index (κ2) is 24.9. The van der Waals surface area contributed by atoms with Crippen LogP contribution in [-0.4, -0.2) is 44.7 Å². The van der Waals surface area contributed by atoms with E-state index in [0.29, 0.717) is 54.1 Å². The van der Waals surface area contributed by atoms with Gasteiger partial charge in [-0.05, 0) is 111 Å². The molecule has 316 valence electrons. The first-order valence-electron chi connectivity index (χ1n) is 21.0. The van der Waals surface area contributed by atoms with Crippen molar-refractivity contribution in [3.8, 4) is 28.4 Å². The molecule has 1 saturated heterocycles. The molecule has 8 nitrogen and oxygen atoms in total. The highest BCUT2D eigenvalue weighted by molar-refractivity contribution is 5.87. The van der Waals surface area contributed by atoms with Crippen molar-refractivity contribution in [1.82, 2.24) is 0 Å². The summed E-state index contributed by atoms with van der Waals surface area (Å²) in [5, 5.41) is 0. The number of ether oxygens (including phenoxy) is 6. The molecule has 0 spiro atoms. The van der Waals surface area contributed by atoms with E-state index in [1.807, 2.05) is 12.1 Å². The zero-order chi connectivity index (χ0) is 41.7. The molecule has 4 rings (SSSR count). The van der Waals surface area contributed by atoms with E-state index in [1.54, 1.807) is 26.0 Å². The molecule has 0 N–H and O–H groups in total. The van der Waals surface area contributed by atoms with Crippen molar-refractivity contribution in [2.24, 2.45) is 0 Å². The van der Waals surface area contributed by atoms with E-state index in [9.17, 15) is 9.59 Å². The van der Waals surface area contributed by atoms with E-state index in [-0.39, 0.29) is 43.1 Å². The molecule has 1 heterocycles. The third-order valence-electron chi connectivity index (χ3n) is 9.93. The van der Waals surface area contributed by atoms with Crippen LogP contribution in [0.5, 0.6) is 17.2 Å². The van der Waals surface area contributed by atoms with Gasteiger partial charge < -0.3 is 28.4 Å². The number of aryl methyl sites for hydroxylation is 2. The highest BCUT2D eigenvalue weighted by atomic mass is 19.1. The molecule has 1 unspecified atom stereocenters. The van der Waals surface area contributed by atoms with Crippen molar-refractivity contribution in [1.29, 1.82) is 0 Å². The molecule has 0 bridgehead atoms. The highest BCUT2D eigenvalue weighted by Gasteiger charge is 2.23. The predicted octanol–water partition coefficient (Wildman–Crippen LogP) is 11.7. The fourth-order valence-electron chi connectivity index (χ4n) is 6.68. The summed E-state index contributed by atoms with van der Waals surface area (Å²) < 4.78 is 65.5. The normalized spacial score (nSPS) is 13.8. The minimum absolute atomic E-state index is 0.0685. The number of unbranched alkanes of at least 4 members (excludes halogenated alkanes) is 8. The van der Waals surface area contributed by atoms with E-state index >= 15 is 8.78 Å². The maximum atomic E-state index is 15.6. The Morgan fingerprint density at radius 1 is 0.690 bits per heavy atom. The zero-order valence-electron chi connectivity index (χ0n) is 34.8. The lowest BCUT2D eigenvalue weighted by Gasteiger charge is -2.27. The van der Waals surface area contributed by atoms with Gasteiger partial charge in [0.2, 0.25) is 0 Å². The average molecular weight is 805 g/mol. The maximum Gasteiger partial charge on any atom is 0.333 e. The Morgan fingerprint density at radius 3 is 1.93 bits per heavy atom. The molecule has 1 fully saturated rings. The zero-order valence-corrected chi connectivity index (χ0v) is 34.8. The Hall–Kier alpha value is -4.70. The van der Waals surface area contributed by atoms with E-state index in [0.717, 1.165) is 25.7 Å².